The Morgan fingerprint density at radius 2 is 1.67 bits per heavy atom. The van der Waals surface area contributed by atoms with Crippen LogP contribution in [0.5, 0.6) is 5.75 Å². The minimum absolute atomic E-state index is 0.101. The van der Waals surface area contributed by atoms with Crippen LogP contribution in [0, 0.1) is 0 Å². The van der Waals surface area contributed by atoms with E-state index >= 15 is 0 Å². The number of ketones is 1. The van der Waals surface area contributed by atoms with Crippen LogP contribution in [0.3, 0.4) is 0 Å². The van der Waals surface area contributed by atoms with Gasteiger partial charge in [0.25, 0.3) is 11.7 Å². The van der Waals surface area contributed by atoms with Gasteiger partial charge in [0.2, 0.25) is 0 Å². The number of esters is 1. The van der Waals surface area contributed by atoms with Crippen LogP contribution in [0.15, 0.2) is 72.3 Å². The molecule has 36 heavy (non-hydrogen) atoms. The van der Waals surface area contributed by atoms with E-state index in [0.29, 0.717) is 22.6 Å². The standard InChI is InChI=1S/C28H24ClNO6/c1-4-16-5-7-17(8-6-16)24-23(25(31)21-15-20(35-2)13-14-22(21)29)26(32)27(33)30(24)19-11-9-18(10-12-19)28(34)36-3/h5-15,24,31H,4H2,1-3H3/b25-23+. The molecule has 1 N–H and O–H groups in total. The van der Waals surface area contributed by atoms with Gasteiger partial charge in [-0.05, 0) is 60.0 Å². The van der Waals surface area contributed by atoms with Crippen LogP contribution < -0.4 is 9.64 Å². The average molecular weight is 506 g/mol. The first-order valence-electron chi connectivity index (χ1n) is 11.2. The van der Waals surface area contributed by atoms with Crippen molar-refractivity contribution >= 4 is 40.7 Å². The Morgan fingerprint density at radius 1 is 1.00 bits per heavy atom. The molecule has 0 bridgehead atoms. The summed E-state index contributed by atoms with van der Waals surface area (Å²) in [6, 6.07) is 17.4. The molecule has 1 unspecified atom stereocenters. The van der Waals surface area contributed by atoms with Gasteiger partial charge in [-0.15, -0.1) is 0 Å². The molecule has 0 radical (unpaired) electrons. The fraction of sp³-hybridized carbons (Fsp3) is 0.179. The summed E-state index contributed by atoms with van der Waals surface area (Å²) in [6.07, 6.45) is 0.814. The molecule has 1 heterocycles. The van der Waals surface area contributed by atoms with E-state index < -0.39 is 29.5 Å². The largest absolute Gasteiger partial charge is 0.507 e. The van der Waals surface area contributed by atoms with E-state index in [0.717, 1.165) is 12.0 Å². The van der Waals surface area contributed by atoms with E-state index in [1.54, 1.807) is 24.3 Å². The van der Waals surface area contributed by atoms with Crippen LogP contribution in [0.4, 0.5) is 5.69 Å². The first-order chi connectivity index (χ1) is 17.3. The lowest BCUT2D eigenvalue weighted by Gasteiger charge is -2.26. The number of methoxy groups -OCH3 is 2. The third-order valence-electron chi connectivity index (χ3n) is 6.14. The molecule has 1 saturated heterocycles. The number of nitrogens with zero attached hydrogens (tertiary/aromatic N) is 1. The highest BCUT2D eigenvalue weighted by Gasteiger charge is 2.47. The summed E-state index contributed by atoms with van der Waals surface area (Å²) in [5.41, 5.74) is 2.45. The molecule has 1 atom stereocenters. The Morgan fingerprint density at radius 3 is 2.25 bits per heavy atom. The van der Waals surface area contributed by atoms with Crippen molar-refractivity contribution in [2.75, 3.05) is 19.1 Å². The predicted octanol–water partition coefficient (Wildman–Crippen LogP) is 5.32. The zero-order chi connectivity index (χ0) is 26.0. The van der Waals surface area contributed by atoms with Gasteiger partial charge in [-0.25, -0.2) is 4.79 Å². The lowest BCUT2D eigenvalue weighted by atomic mass is 9.94. The van der Waals surface area contributed by atoms with Crippen molar-refractivity contribution < 1.29 is 29.0 Å². The number of amides is 1. The fourth-order valence-corrected chi connectivity index (χ4v) is 4.39. The Bertz CT molecular complexity index is 1360. The van der Waals surface area contributed by atoms with E-state index in [4.69, 9.17) is 21.1 Å². The molecule has 184 valence electrons. The highest BCUT2D eigenvalue weighted by molar-refractivity contribution is 6.52. The number of carbonyl (C=O) groups excluding carboxylic acids is 3. The van der Waals surface area contributed by atoms with Crippen molar-refractivity contribution in [1.82, 2.24) is 0 Å². The Hall–Kier alpha value is -4.10. The monoisotopic (exact) mass is 505 g/mol. The van der Waals surface area contributed by atoms with Crippen molar-refractivity contribution in [2.45, 2.75) is 19.4 Å². The molecule has 1 aliphatic heterocycles. The molecule has 4 rings (SSSR count). The first kappa shape index (κ1) is 25.0. The second-order valence-corrected chi connectivity index (χ2v) is 8.56. The molecular formula is C28H24ClNO6. The summed E-state index contributed by atoms with van der Waals surface area (Å²) in [5.74, 6) is -2.17. The maximum absolute atomic E-state index is 13.3. The summed E-state index contributed by atoms with van der Waals surface area (Å²) in [6.45, 7) is 2.02. The van der Waals surface area contributed by atoms with E-state index in [-0.39, 0.29) is 16.2 Å². The summed E-state index contributed by atoms with van der Waals surface area (Å²) in [5, 5.41) is 11.5. The molecule has 0 aromatic heterocycles. The van der Waals surface area contributed by atoms with E-state index in [2.05, 4.69) is 0 Å². The highest BCUT2D eigenvalue weighted by Crippen LogP contribution is 2.43. The second-order valence-electron chi connectivity index (χ2n) is 8.15. The number of anilines is 1. The third kappa shape index (κ3) is 4.45. The van der Waals surface area contributed by atoms with E-state index in [9.17, 15) is 19.5 Å². The number of ether oxygens (including phenoxy) is 2. The van der Waals surface area contributed by atoms with Gasteiger partial charge in [-0.1, -0.05) is 42.8 Å². The number of rotatable bonds is 6. The van der Waals surface area contributed by atoms with E-state index in [1.807, 2.05) is 31.2 Å². The third-order valence-corrected chi connectivity index (χ3v) is 6.47. The maximum atomic E-state index is 13.3. The zero-order valence-electron chi connectivity index (χ0n) is 19.9. The van der Waals surface area contributed by atoms with Gasteiger partial charge in [0, 0.05) is 11.3 Å². The Kier molecular flexibility index (Phi) is 7.12. The quantitative estimate of drug-likeness (QED) is 0.211. The molecule has 3 aromatic carbocycles. The lowest BCUT2D eigenvalue weighted by molar-refractivity contribution is -0.132. The average Bonchev–Trinajstić information content (AvgIpc) is 3.18. The maximum Gasteiger partial charge on any atom is 0.337 e. The number of aliphatic hydroxyl groups excluding tert-OH is 1. The molecule has 8 heteroatoms. The lowest BCUT2D eigenvalue weighted by Crippen LogP contribution is -2.29. The van der Waals surface area contributed by atoms with Gasteiger partial charge in [-0.2, -0.15) is 0 Å². The number of carbonyl (C=O) groups is 3. The van der Waals surface area contributed by atoms with Gasteiger partial charge in [-0.3, -0.25) is 14.5 Å². The number of aliphatic hydroxyl groups is 1. The van der Waals surface area contributed by atoms with Crippen LogP contribution in [0.2, 0.25) is 5.02 Å². The zero-order valence-corrected chi connectivity index (χ0v) is 20.7. The summed E-state index contributed by atoms with van der Waals surface area (Å²) in [7, 11) is 2.75. The van der Waals surface area contributed by atoms with Crippen molar-refractivity contribution in [3.05, 3.63) is 99.6 Å². The highest BCUT2D eigenvalue weighted by atomic mass is 35.5. The topological polar surface area (TPSA) is 93.1 Å². The molecule has 0 aliphatic carbocycles. The summed E-state index contributed by atoms with van der Waals surface area (Å²) < 4.78 is 9.99. The molecule has 0 saturated carbocycles. The van der Waals surface area contributed by atoms with Gasteiger partial charge in [0.15, 0.2) is 0 Å². The van der Waals surface area contributed by atoms with Crippen LogP contribution in [-0.2, 0) is 20.7 Å². The Labute approximate surface area is 213 Å². The minimum Gasteiger partial charge on any atom is -0.507 e. The smallest absolute Gasteiger partial charge is 0.337 e. The summed E-state index contributed by atoms with van der Waals surface area (Å²) in [4.78, 5) is 39.8. The van der Waals surface area contributed by atoms with Gasteiger partial charge in [0.1, 0.15) is 11.5 Å². The predicted molar refractivity (Wildman–Crippen MR) is 136 cm³/mol. The molecule has 7 nitrogen and oxygen atoms in total. The number of hydrogen-bond acceptors (Lipinski definition) is 6. The summed E-state index contributed by atoms with van der Waals surface area (Å²) >= 11 is 6.35. The fourth-order valence-electron chi connectivity index (χ4n) is 4.18. The molecule has 3 aromatic rings. The van der Waals surface area contributed by atoms with Crippen molar-refractivity contribution in [3.63, 3.8) is 0 Å². The molecule has 1 aliphatic rings. The molecule has 0 spiro atoms. The number of halogens is 1. The minimum atomic E-state index is -0.929. The second kappa shape index (κ2) is 10.3. The van der Waals surface area contributed by atoms with E-state index in [1.165, 1.54) is 37.3 Å². The number of hydrogen-bond donors (Lipinski definition) is 1. The Balaban J connectivity index is 1.92. The van der Waals surface area contributed by atoms with Crippen LogP contribution in [0.25, 0.3) is 5.76 Å². The van der Waals surface area contributed by atoms with Gasteiger partial charge < -0.3 is 14.6 Å². The normalized spacial score (nSPS) is 16.8. The molecular weight excluding hydrogens is 482 g/mol. The number of benzene rings is 3. The number of Topliss-reactive ketones (excluding diaryl/α,β-unsaturated/α-hetero) is 1. The molecule has 1 fully saturated rings. The van der Waals surface area contributed by atoms with Crippen molar-refractivity contribution in [3.8, 4) is 5.75 Å². The van der Waals surface area contributed by atoms with Gasteiger partial charge in [0.05, 0.1) is 36.4 Å². The van der Waals surface area contributed by atoms with Crippen LogP contribution >= 0.6 is 11.6 Å². The number of aryl methyl sites for hydroxylation is 1. The van der Waals surface area contributed by atoms with Gasteiger partial charge >= 0.3 is 5.97 Å². The SMILES string of the molecule is CCc1ccc(C2/C(=C(\O)c3cc(OC)ccc3Cl)C(=O)C(=O)N2c2ccc(C(=O)OC)cc2)cc1. The van der Waals surface area contributed by atoms with Crippen LogP contribution in [0.1, 0.15) is 40.0 Å². The van der Waals surface area contributed by atoms with Crippen molar-refractivity contribution in [2.24, 2.45) is 0 Å². The van der Waals surface area contributed by atoms with Crippen molar-refractivity contribution in [1.29, 1.82) is 0 Å². The molecule has 1 amide bonds. The first-order valence-corrected chi connectivity index (χ1v) is 11.6. The van der Waals surface area contributed by atoms with Crippen LogP contribution in [-0.4, -0.2) is 37.0 Å².